The number of carboxylic acid groups (broad SMARTS) is 1. The van der Waals surface area contributed by atoms with Crippen molar-refractivity contribution in [1.29, 1.82) is 0 Å². The van der Waals surface area contributed by atoms with Crippen LogP contribution in [0.5, 0.6) is 11.5 Å². The Kier molecular flexibility index (Phi) is 3.10. The summed E-state index contributed by atoms with van der Waals surface area (Å²) >= 11 is 0. The maximum Gasteiger partial charge on any atom is 0.453 e. The molecule has 6 nitrogen and oxygen atoms in total. The fourth-order valence-corrected chi connectivity index (χ4v) is 1.50. The fraction of sp³-hybridized carbons (Fsp3) is 0.333. The van der Waals surface area contributed by atoms with Crippen molar-refractivity contribution in [2.45, 2.75) is 19.1 Å². The highest BCUT2D eigenvalue weighted by Crippen LogP contribution is 2.39. The highest BCUT2D eigenvalue weighted by Gasteiger charge is 2.58. The Morgan fingerprint density at radius 1 is 1.28 bits per heavy atom. The van der Waals surface area contributed by atoms with Gasteiger partial charge in [0.2, 0.25) is 0 Å². The Hall–Kier alpha value is -2.24. The third-order valence-corrected chi connectivity index (χ3v) is 2.34. The van der Waals surface area contributed by atoms with Gasteiger partial charge in [0.25, 0.3) is 0 Å². The van der Waals surface area contributed by atoms with Gasteiger partial charge in [-0.1, -0.05) is 19.1 Å². The molecule has 0 saturated heterocycles. The Labute approximate surface area is 103 Å². The molecule has 2 rings (SSSR count). The number of benzene rings is 1. The Morgan fingerprint density at radius 2 is 1.83 bits per heavy atom. The standard InChI is InChI=1S/C12H12O6/c1-2-7-16-11(15)12(10(13)14)17-8-5-3-4-6-9(8)18-12/h3-6H,2,7H2,1H3,(H,13,14). The number of ether oxygens (including phenoxy) is 3. The summed E-state index contributed by atoms with van der Waals surface area (Å²) in [6.45, 7) is 1.91. The summed E-state index contributed by atoms with van der Waals surface area (Å²) in [6.07, 6.45) is 0.578. The lowest BCUT2D eigenvalue weighted by Crippen LogP contribution is -2.55. The number of hydrogen-bond acceptors (Lipinski definition) is 5. The van der Waals surface area contributed by atoms with Crippen molar-refractivity contribution in [1.82, 2.24) is 0 Å². The van der Waals surface area contributed by atoms with Crippen LogP contribution in [0.25, 0.3) is 0 Å². The molecule has 0 fully saturated rings. The van der Waals surface area contributed by atoms with E-state index in [1.165, 1.54) is 12.1 Å². The van der Waals surface area contributed by atoms with Crippen molar-refractivity contribution >= 4 is 11.9 Å². The van der Waals surface area contributed by atoms with E-state index in [9.17, 15) is 9.59 Å². The third-order valence-electron chi connectivity index (χ3n) is 2.34. The molecule has 18 heavy (non-hydrogen) atoms. The molecule has 0 atom stereocenters. The van der Waals surface area contributed by atoms with Crippen molar-refractivity contribution in [3.63, 3.8) is 0 Å². The van der Waals surface area contributed by atoms with Crippen LogP contribution in [-0.2, 0) is 14.3 Å². The van der Waals surface area contributed by atoms with E-state index in [4.69, 9.17) is 19.3 Å². The first kappa shape index (κ1) is 12.2. The summed E-state index contributed by atoms with van der Waals surface area (Å²) in [7, 11) is 0. The van der Waals surface area contributed by atoms with E-state index < -0.39 is 17.7 Å². The third kappa shape index (κ3) is 1.85. The zero-order valence-electron chi connectivity index (χ0n) is 9.71. The SMILES string of the molecule is CCCOC(=O)C1(C(=O)O)Oc2ccccc2O1. The molecular formula is C12H12O6. The minimum Gasteiger partial charge on any atom is -0.475 e. The molecule has 0 aromatic heterocycles. The largest absolute Gasteiger partial charge is 0.475 e. The van der Waals surface area contributed by atoms with Crippen molar-refractivity contribution < 1.29 is 28.9 Å². The molecule has 6 heteroatoms. The second-order valence-electron chi connectivity index (χ2n) is 3.71. The van der Waals surface area contributed by atoms with Gasteiger partial charge in [-0.15, -0.1) is 0 Å². The molecular weight excluding hydrogens is 240 g/mol. The lowest BCUT2D eigenvalue weighted by atomic mass is 10.3. The van der Waals surface area contributed by atoms with Crippen LogP contribution in [0.15, 0.2) is 24.3 Å². The predicted molar refractivity (Wildman–Crippen MR) is 59.3 cm³/mol. The number of carboxylic acids is 1. The van der Waals surface area contributed by atoms with Gasteiger partial charge >= 0.3 is 17.7 Å². The van der Waals surface area contributed by atoms with E-state index >= 15 is 0 Å². The summed E-state index contributed by atoms with van der Waals surface area (Å²) in [5.74, 6) is -4.63. The van der Waals surface area contributed by atoms with Crippen LogP contribution in [0.3, 0.4) is 0 Å². The van der Waals surface area contributed by atoms with Crippen LogP contribution in [0.2, 0.25) is 0 Å². The molecule has 1 aromatic rings. The molecule has 1 aromatic carbocycles. The lowest BCUT2D eigenvalue weighted by molar-refractivity contribution is -0.198. The Morgan fingerprint density at radius 3 is 2.28 bits per heavy atom. The smallest absolute Gasteiger partial charge is 0.453 e. The second kappa shape index (κ2) is 4.56. The zero-order valence-corrected chi connectivity index (χ0v) is 9.71. The molecule has 0 radical (unpaired) electrons. The molecule has 0 amide bonds. The molecule has 1 aliphatic heterocycles. The van der Waals surface area contributed by atoms with Crippen LogP contribution >= 0.6 is 0 Å². The molecule has 0 aliphatic carbocycles. The lowest BCUT2D eigenvalue weighted by Gasteiger charge is -2.20. The predicted octanol–water partition coefficient (Wildman–Crippen LogP) is 1.19. The number of carbonyl (C=O) groups excluding carboxylic acids is 1. The van der Waals surface area contributed by atoms with Gasteiger partial charge in [-0.05, 0) is 18.6 Å². The van der Waals surface area contributed by atoms with E-state index in [0.29, 0.717) is 6.42 Å². The van der Waals surface area contributed by atoms with Crippen molar-refractivity contribution in [2.75, 3.05) is 6.61 Å². The van der Waals surface area contributed by atoms with Crippen LogP contribution in [0.1, 0.15) is 13.3 Å². The van der Waals surface area contributed by atoms with Gasteiger partial charge in [0.1, 0.15) is 0 Å². The number of fused-ring (bicyclic) bond motifs is 1. The van der Waals surface area contributed by atoms with Crippen molar-refractivity contribution in [2.24, 2.45) is 0 Å². The summed E-state index contributed by atoms with van der Waals surface area (Å²) in [5, 5.41) is 9.15. The van der Waals surface area contributed by atoms with Gasteiger partial charge in [0.05, 0.1) is 6.61 Å². The quantitative estimate of drug-likeness (QED) is 0.640. The van der Waals surface area contributed by atoms with Gasteiger partial charge in [0.15, 0.2) is 11.5 Å². The van der Waals surface area contributed by atoms with Crippen LogP contribution in [0.4, 0.5) is 0 Å². The first-order valence-electron chi connectivity index (χ1n) is 5.48. The minimum absolute atomic E-state index is 0.108. The molecule has 0 bridgehead atoms. The monoisotopic (exact) mass is 252 g/mol. The Bertz CT molecular complexity index is 456. The van der Waals surface area contributed by atoms with Crippen LogP contribution in [0, 0.1) is 0 Å². The average Bonchev–Trinajstić information content (AvgIpc) is 2.76. The molecule has 0 spiro atoms. The van der Waals surface area contributed by atoms with E-state index in [2.05, 4.69) is 0 Å². The van der Waals surface area contributed by atoms with Crippen molar-refractivity contribution in [3.05, 3.63) is 24.3 Å². The fourth-order valence-electron chi connectivity index (χ4n) is 1.50. The van der Waals surface area contributed by atoms with E-state index in [-0.39, 0.29) is 18.1 Å². The zero-order chi connectivity index (χ0) is 13.2. The molecule has 1 aliphatic rings. The summed E-state index contributed by atoms with van der Waals surface area (Å²) < 4.78 is 15.0. The number of carbonyl (C=O) groups is 2. The average molecular weight is 252 g/mol. The highest BCUT2D eigenvalue weighted by atomic mass is 16.8. The number of hydrogen-bond donors (Lipinski definition) is 1. The van der Waals surface area contributed by atoms with Crippen LogP contribution < -0.4 is 9.47 Å². The minimum atomic E-state index is -2.43. The summed E-state index contributed by atoms with van der Waals surface area (Å²) in [6, 6.07) is 6.34. The van der Waals surface area contributed by atoms with Crippen LogP contribution in [-0.4, -0.2) is 29.4 Å². The number of aliphatic carboxylic acids is 1. The van der Waals surface area contributed by atoms with E-state index in [1.807, 2.05) is 0 Å². The molecule has 1 heterocycles. The Balaban J connectivity index is 2.27. The first-order chi connectivity index (χ1) is 8.60. The van der Waals surface area contributed by atoms with Gasteiger partial charge in [0, 0.05) is 0 Å². The van der Waals surface area contributed by atoms with Gasteiger partial charge < -0.3 is 19.3 Å². The highest BCUT2D eigenvalue weighted by molar-refractivity contribution is 6.02. The molecule has 0 unspecified atom stereocenters. The van der Waals surface area contributed by atoms with Gasteiger partial charge in [-0.2, -0.15) is 0 Å². The number of rotatable bonds is 4. The number of esters is 1. The maximum absolute atomic E-state index is 11.8. The normalized spacial score (nSPS) is 15.2. The van der Waals surface area contributed by atoms with E-state index in [0.717, 1.165) is 0 Å². The first-order valence-corrected chi connectivity index (χ1v) is 5.48. The molecule has 1 N–H and O–H groups in total. The molecule has 96 valence electrons. The van der Waals surface area contributed by atoms with Gasteiger partial charge in [-0.3, -0.25) is 0 Å². The number of para-hydroxylation sites is 2. The second-order valence-corrected chi connectivity index (χ2v) is 3.71. The summed E-state index contributed by atoms with van der Waals surface area (Å²) in [5.41, 5.74) is 0. The summed E-state index contributed by atoms with van der Waals surface area (Å²) in [4.78, 5) is 23.0. The maximum atomic E-state index is 11.8. The van der Waals surface area contributed by atoms with E-state index in [1.54, 1.807) is 19.1 Å². The van der Waals surface area contributed by atoms with Gasteiger partial charge in [-0.25, -0.2) is 9.59 Å². The topological polar surface area (TPSA) is 82.1 Å². The van der Waals surface area contributed by atoms with Crippen molar-refractivity contribution in [3.8, 4) is 11.5 Å². The molecule has 0 saturated carbocycles.